The highest BCUT2D eigenvalue weighted by Gasteiger charge is 2.29. The minimum Gasteiger partial charge on any atom is -0.481 e. The molecule has 1 saturated heterocycles. The third-order valence-electron chi connectivity index (χ3n) is 4.67. The van der Waals surface area contributed by atoms with Gasteiger partial charge in [-0.05, 0) is 50.2 Å². The second kappa shape index (κ2) is 7.45. The van der Waals surface area contributed by atoms with E-state index in [2.05, 4.69) is 0 Å². The van der Waals surface area contributed by atoms with Crippen LogP contribution in [0.2, 0.25) is 0 Å². The van der Waals surface area contributed by atoms with Gasteiger partial charge in [-0.3, -0.25) is 9.59 Å². The fourth-order valence-corrected chi connectivity index (χ4v) is 4.61. The van der Waals surface area contributed by atoms with Crippen molar-refractivity contribution in [3.8, 4) is 0 Å². The van der Waals surface area contributed by atoms with Gasteiger partial charge in [-0.1, -0.05) is 0 Å². The van der Waals surface area contributed by atoms with Crippen molar-refractivity contribution in [1.29, 1.82) is 0 Å². The van der Waals surface area contributed by atoms with E-state index in [0.29, 0.717) is 13.2 Å². The molecule has 5 nitrogen and oxygen atoms in total. The number of rotatable bonds is 5. The lowest BCUT2D eigenvalue weighted by atomic mass is 9.99. The molecule has 0 aromatic carbocycles. The highest BCUT2D eigenvalue weighted by atomic mass is 32.1. The number of aliphatic carboxylic acids is 1. The first kappa shape index (κ1) is 16.5. The monoisotopic (exact) mass is 337 g/mol. The number of carboxylic acids is 1. The second-order valence-electron chi connectivity index (χ2n) is 6.25. The molecule has 1 aliphatic carbocycles. The summed E-state index contributed by atoms with van der Waals surface area (Å²) >= 11 is 1.60. The van der Waals surface area contributed by atoms with Crippen molar-refractivity contribution < 1.29 is 19.4 Å². The van der Waals surface area contributed by atoms with Gasteiger partial charge in [0.2, 0.25) is 0 Å². The van der Waals surface area contributed by atoms with E-state index < -0.39 is 5.97 Å². The summed E-state index contributed by atoms with van der Waals surface area (Å²) in [6, 6.07) is 2.13. The maximum atomic E-state index is 13.0. The third-order valence-corrected chi connectivity index (χ3v) is 5.89. The summed E-state index contributed by atoms with van der Waals surface area (Å²) in [6.45, 7) is 1.56. The highest BCUT2D eigenvalue weighted by molar-refractivity contribution is 7.14. The van der Waals surface area contributed by atoms with Crippen LogP contribution in [0, 0.1) is 0 Å². The Balaban J connectivity index is 1.77. The molecule has 0 saturated carbocycles. The Labute approximate surface area is 140 Å². The number of amides is 1. The Morgan fingerprint density at radius 2 is 2.00 bits per heavy atom. The summed E-state index contributed by atoms with van der Waals surface area (Å²) in [6.07, 6.45) is 6.09. The van der Waals surface area contributed by atoms with Crippen molar-refractivity contribution in [2.75, 3.05) is 19.8 Å². The molecule has 1 amide bonds. The minimum absolute atomic E-state index is 0.00227. The second-order valence-corrected chi connectivity index (χ2v) is 7.39. The summed E-state index contributed by atoms with van der Waals surface area (Å²) < 4.78 is 5.38. The molecule has 0 radical (unpaired) electrons. The number of hydrogen-bond acceptors (Lipinski definition) is 4. The van der Waals surface area contributed by atoms with Crippen LogP contribution >= 0.6 is 11.3 Å². The van der Waals surface area contributed by atoms with E-state index in [1.165, 1.54) is 23.3 Å². The zero-order valence-electron chi connectivity index (χ0n) is 13.3. The summed E-state index contributed by atoms with van der Waals surface area (Å²) in [5.74, 6) is -0.863. The first-order chi connectivity index (χ1) is 11.1. The first-order valence-electron chi connectivity index (χ1n) is 8.37. The van der Waals surface area contributed by atoms with E-state index in [1.807, 2.05) is 6.07 Å². The van der Waals surface area contributed by atoms with Crippen LogP contribution in [0.5, 0.6) is 0 Å². The molecule has 2 heterocycles. The molecule has 6 heteroatoms. The van der Waals surface area contributed by atoms with E-state index in [0.717, 1.165) is 30.6 Å². The predicted octanol–water partition coefficient (Wildman–Crippen LogP) is 2.72. The van der Waals surface area contributed by atoms with Crippen LogP contribution in [0.15, 0.2) is 6.07 Å². The fourth-order valence-electron chi connectivity index (χ4n) is 3.40. The normalized spacial score (nSPS) is 18.4. The van der Waals surface area contributed by atoms with Crippen LogP contribution in [0.4, 0.5) is 0 Å². The van der Waals surface area contributed by atoms with Gasteiger partial charge in [0, 0.05) is 30.7 Å². The van der Waals surface area contributed by atoms with E-state index in [1.54, 1.807) is 16.2 Å². The van der Waals surface area contributed by atoms with Gasteiger partial charge in [0.1, 0.15) is 0 Å². The lowest BCUT2D eigenvalue weighted by Crippen LogP contribution is -2.44. The number of carbonyl (C=O) groups excluding carboxylic acids is 1. The Kier molecular flexibility index (Phi) is 5.33. The number of aryl methyl sites for hydroxylation is 2. The van der Waals surface area contributed by atoms with Crippen molar-refractivity contribution in [1.82, 2.24) is 4.90 Å². The summed E-state index contributed by atoms with van der Waals surface area (Å²) in [5, 5.41) is 8.99. The van der Waals surface area contributed by atoms with Crippen molar-refractivity contribution in [3.05, 3.63) is 21.4 Å². The van der Waals surface area contributed by atoms with Crippen LogP contribution in [-0.4, -0.2) is 47.7 Å². The fraction of sp³-hybridized carbons (Fsp3) is 0.647. The van der Waals surface area contributed by atoms with Gasteiger partial charge in [-0.25, -0.2) is 0 Å². The highest BCUT2D eigenvalue weighted by Crippen LogP contribution is 2.31. The van der Waals surface area contributed by atoms with Gasteiger partial charge in [-0.2, -0.15) is 0 Å². The maximum Gasteiger partial charge on any atom is 0.305 e. The molecule has 2 aliphatic rings. The van der Waals surface area contributed by atoms with Crippen LogP contribution in [0.3, 0.4) is 0 Å². The third kappa shape index (κ3) is 3.93. The molecule has 126 valence electrons. The number of thiophene rings is 1. The average Bonchev–Trinajstić information content (AvgIpc) is 2.99. The Hall–Kier alpha value is -1.40. The molecule has 1 aromatic rings. The molecule has 0 spiro atoms. The summed E-state index contributed by atoms with van der Waals surface area (Å²) in [4.78, 5) is 27.8. The lowest BCUT2D eigenvalue weighted by Gasteiger charge is -2.33. The molecule has 23 heavy (non-hydrogen) atoms. The molecule has 1 aliphatic heterocycles. The standard InChI is InChI=1S/C17H23NO4S/c19-16(20)5-8-18(13-6-9-22-10-7-13)17(21)15-11-12-3-1-2-4-14(12)23-15/h11,13H,1-10H2,(H,19,20). The zero-order valence-corrected chi connectivity index (χ0v) is 14.1. The lowest BCUT2D eigenvalue weighted by molar-refractivity contribution is -0.137. The molecule has 1 aromatic heterocycles. The van der Waals surface area contributed by atoms with E-state index in [9.17, 15) is 9.59 Å². The van der Waals surface area contributed by atoms with Crippen molar-refractivity contribution in [3.63, 3.8) is 0 Å². The van der Waals surface area contributed by atoms with Gasteiger partial charge in [-0.15, -0.1) is 11.3 Å². The Morgan fingerprint density at radius 1 is 1.26 bits per heavy atom. The Bertz CT molecular complexity index is 554. The largest absolute Gasteiger partial charge is 0.481 e. The van der Waals surface area contributed by atoms with Crippen molar-refractivity contribution >= 4 is 23.2 Å². The smallest absolute Gasteiger partial charge is 0.305 e. The number of carbonyl (C=O) groups is 2. The van der Waals surface area contributed by atoms with Gasteiger partial charge in [0.15, 0.2) is 0 Å². The number of hydrogen-bond donors (Lipinski definition) is 1. The molecular formula is C17H23NO4S. The summed E-state index contributed by atoms with van der Waals surface area (Å²) in [5.41, 5.74) is 1.31. The van der Waals surface area contributed by atoms with Crippen LogP contribution in [0.1, 0.15) is 52.2 Å². The van der Waals surface area contributed by atoms with E-state index >= 15 is 0 Å². The number of ether oxygens (including phenoxy) is 1. The van der Waals surface area contributed by atoms with Crippen molar-refractivity contribution in [2.45, 2.75) is 51.0 Å². The first-order valence-corrected chi connectivity index (χ1v) is 9.19. The van der Waals surface area contributed by atoms with Gasteiger partial charge in [0.25, 0.3) is 5.91 Å². The average molecular weight is 337 g/mol. The van der Waals surface area contributed by atoms with Crippen molar-refractivity contribution in [2.24, 2.45) is 0 Å². The molecule has 0 atom stereocenters. The molecule has 0 unspecified atom stereocenters. The van der Waals surface area contributed by atoms with Gasteiger partial charge < -0.3 is 14.7 Å². The maximum absolute atomic E-state index is 13.0. The zero-order chi connectivity index (χ0) is 16.2. The van der Waals surface area contributed by atoms with E-state index in [-0.39, 0.29) is 24.9 Å². The van der Waals surface area contributed by atoms with Crippen LogP contribution in [-0.2, 0) is 22.4 Å². The number of fused-ring (bicyclic) bond motifs is 1. The summed E-state index contributed by atoms with van der Waals surface area (Å²) in [7, 11) is 0. The van der Waals surface area contributed by atoms with Gasteiger partial charge in [0.05, 0.1) is 11.3 Å². The molecular weight excluding hydrogens is 314 g/mol. The molecule has 0 bridgehead atoms. The van der Waals surface area contributed by atoms with Gasteiger partial charge >= 0.3 is 5.97 Å². The number of nitrogens with zero attached hydrogens (tertiary/aromatic N) is 1. The predicted molar refractivity (Wildman–Crippen MR) is 88.1 cm³/mol. The number of carboxylic acid groups (broad SMARTS) is 1. The minimum atomic E-state index is -0.861. The molecule has 3 rings (SSSR count). The molecule has 1 N–H and O–H groups in total. The van der Waals surface area contributed by atoms with Crippen LogP contribution in [0.25, 0.3) is 0 Å². The Morgan fingerprint density at radius 3 is 2.70 bits per heavy atom. The topological polar surface area (TPSA) is 66.8 Å². The SMILES string of the molecule is O=C(O)CCN(C(=O)c1cc2c(s1)CCCC2)C1CCOCC1. The van der Waals surface area contributed by atoms with Crippen LogP contribution < -0.4 is 0 Å². The van der Waals surface area contributed by atoms with E-state index in [4.69, 9.17) is 9.84 Å². The quantitative estimate of drug-likeness (QED) is 0.897. The molecule has 1 fully saturated rings.